The Bertz CT molecular complexity index is 1350. The fourth-order valence-corrected chi connectivity index (χ4v) is 2.84. The lowest BCUT2D eigenvalue weighted by Crippen LogP contribution is -2.19. The minimum Gasteiger partial charge on any atom is -0.315 e. The van der Waals surface area contributed by atoms with Crippen LogP contribution in [0.15, 0.2) is 54.6 Å². The second-order valence-corrected chi connectivity index (χ2v) is 6.75. The molecular formula is C19H11N7O10. The predicted octanol–water partition coefficient (Wildman–Crippen LogP) is 3.22. The van der Waals surface area contributed by atoms with Gasteiger partial charge in [0.05, 0.1) is 31.8 Å². The molecule has 0 spiro atoms. The Labute approximate surface area is 198 Å². The van der Waals surface area contributed by atoms with Crippen molar-refractivity contribution in [3.8, 4) is 0 Å². The smallest absolute Gasteiger partial charge is 0.299 e. The van der Waals surface area contributed by atoms with E-state index in [2.05, 4.69) is 15.6 Å². The van der Waals surface area contributed by atoms with E-state index in [1.54, 1.807) is 0 Å². The van der Waals surface area contributed by atoms with Crippen molar-refractivity contribution in [1.82, 2.24) is 4.98 Å². The maximum atomic E-state index is 12.6. The van der Waals surface area contributed by atoms with Crippen molar-refractivity contribution in [3.63, 3.8) is 0 Å². The van der Waals surface area contributed by atoms with Crippen LogP contribution in [0.5, 0.6) is 0 Å². The minimum absolute atomic E-state index is 0.367. The van der Waals surface area contributed by atoms with Gasteiger partial charge in [-0.3, -0.25) is 50.0 Å². The van der Waals surface area contributed by atoms with Gasteiger partial charge in [-0.25, -0.2) is 4.98 Å². The number of non-ortho nitro benzene ring substituents is 2. The van der Waals surface area contributed by atoms with Crippen molar-refractivity contribution in [1.29, 1.82) is 0 Å². The number of amides is 2. The molecule has 0 aliphatic carbocycles. The van der Waals surface area contributed by atoms with E-state index in [4.69, 9.17) is 0 Å². The van der Waals surface area contributed by atoms with Gasteiger partial charge in [0.1, 0.15) is 22.8 Å². The maximum Gasteiger partial charge on any atom is 0.299 e. The third-order valence-corrected chi connectivity index (χ3v) is 4.49. The van der Waals surface area contributed by atoms with E-state index in [-0.39, 0.29) is 22.8 Å². The van der Waals surface area contributed by atoms with Crippen molar-refractivity contribution in [3.05, 3.63) is 106 Å². The normalized spacial score (nSPS) is 10.2. The van der Waals surface area contributed by atoms with Crippen LogP contribution in [0.2, 0.25) is 0 Å². The Morgan fingerprint density at radius 1 is 0.611 bits per heavy atom. The first-order valence-corrected chi connectivity index (χ1v) is 9.43. The first-order chi connectivity index (χ1) is 17.0. The van der Waals surface area contributed by atoms with Crippen LogP contribution < -0.4 is 10.6 Å². The van der Waals surface area contributed by atoms with Crippen molar-refractivity contribution < 1.29 is 29.3 Å². The molecule has 17 nitrogen and oxygen atoms in total. The average Bonchev–Trinajstić information content (AvgIpc) is 2.83. The highest BCUT2D eigenvalue weighted by atomic mass is 16.6. The summed E-state index contributed by atoms with van der Waals surface area (Å²) in [5, 5.41) is 48.5. The fourth-order valence-electron chi connectivity index (χ4n) is 2.84. The van der Waals surface area contributed by atoms with Gasteiger partial charge in [-0.15, -0.1) is 0 Å². The molecule has 2 N–H and O–H groups in total. The van der Waals surface area contributed by atoms with E-state index in [9.17, 15) is 50.0 Å². The molecule has 0 fully saturated rings. The van der Waals surface area contributed by atoms with Crippen LogP contribution in [0.3, 0.4) is 0 Å². The molecule has 36 heavy (non-hydrogen) atoms. The van der Waals surface area contributed by atoms with Crippen molar-refractivity contribution in [2.75, 3.05) is 10.6 Å². The number of benzene rings is 2. The Hall–Kier alpha value is -5.87. The molecule has 2 aromatic carbocycles. The zero-order valence-corrected chi connectivity index (χ0v) is 17.5. The first kappa shape index (κ1) is 24.8. The number of nitrogens with zero attached hydrogens (tertiary/aromatic N) is 5. The van der Waals surface area contributed by atoms with E-state index in [0.717, 1.165) is 36.4 Å². The molecule has 1 heterocycles. The molecule has 3 aromatic rings. The number of carbonyl (C=O) groups excluding carboxylic acids is 2. The molecule has 0 radical (unpaired) electrons. The quantitative estimate of drug-likeness (QED) is 0.338. The van der Waals surface area contributed by atoms with Crippen LogP contribution in [0, 0.1) is 40.5 Å². The van der Waals surface area contributed by atoms with Gasteiger partial charge in [0.25, 0.3) is 34.6 Å². The van der Waals surface area contributed by atoms with E-state index in [1.807, 2.05) is 0 Å². The highest BCUT2D eigenvalue weighted by molar-refractivity contribution is 6.07. The van der Waals surface area contributed by atoms with Gasteiger partial charge in [0.2, 0.25) is 0 Å². The zero-order chi connectivity index (χ0) is 26.6. The molecule has 0 unspecified atom stereocenters. The largest absolute Gasteiger partial charge is 0.315 e. The summed E-state index contributed by atoms with van der Waals surface area (Å²) < 4.78 is 0. The van der Waals surface area contributed by atoms with Gasteiger partial charge in [-0.2, -0.15) is 0 Å². The van der Waals surface area contributed by atoms with E-state index in [0.29, 0.717) is 12.1 Å². The van der Waals surface area contributed by atoms with Crippen LogP contribution in [-0.2, 0) is 0 Å². The van der Waals surface area contributed by atoms with Crippen LogP contribution in [0.1, 0.15) is 21.0 Å². The van der Waals surface area contributed by atoms with Crippen LogP contribution in [0.25, 0.3) is 0 Å². The Kier molecular flexibility index (Phi) is 6.85. The number of rotatable bonds is 8. The number of nitro groups is 4. The van der Waals surface area contributed by atoms with Gasteiger partial charge in [-0.1, -0.05) is 6.07 Å². The van der Waals surface area contributed by atoms with Gasteiger partial charge in [0.15, 0.2) is 0 Å². The lowest BCUT2D eigenvalue weighted by atomic mass is 10.2. The zero-order valence-electron chi connectivity index (χ0n) is 17.5. The highest BCUT2D eigenvalue weighted by Gasteiger charge is 2.24. The summed E-state index contributed by atoms with van der Waals surface area (Å²) in [5.74, 6) is -1.99. The molecular weight excluding hydrogens is 486 g/mol. The third kappa shape index (κ3) is 5.36. The SMILES string of the molecule is O=C(Nc1ccc([N+](=O)[O-])cc1[N+](=O)[O-])c1cccc(C(=O)Nc2ccc([N+](=O)[O-])cc2[N+](=O)[O-])n1. The molecule has 0 bridgehead atoms. The summed E-state index contributed by atoms with van der Waals surface area (Å²) in [5.41, 5.74) is -4.15. The fraction of sp³-hybridized carbons (Fsp3) is 0. The summed E-state index contributed by atoms with van der Waals surface area (Å²) in [4.78, 5) is 69.6. The van der Waals surface area contributed by atoms with E-state index >= 15 is 0 Å². The number of nitro benzene ring substituents is 4. The summed E-state index contributed by atoms with van der Waals surface area (Å²) >= 11 is 0. The molecule has 182 valence electrons. The predicted molar refractivity (Wildman–Crippen MR) is 120 cm³/mol. The topological polar surface area (TPSA) is 244 Å². The minimum atomic E-state index is -0.997. The summed E-state index contributed by atoms with van der Waals surface area (Å²) in [6, 6.07) is 8.68. The number of hydrogen-bond donors (Lipinski definition) is 2. The lowest BCUT2D eigenvalue weighted by Gasteiger charge is -2.08. The first-order valence-electron chi connectivity index (χ1n) is 9.43. The standard InChI is InChI=1S/C19H11N7O10/c27-18(21-12-6-4-10(23(29)30)8-16(12)25(33)34)14-2-1-3-15(20-14)19(28)22-13-7-5-11(24(31)32)9-17(13)26(35)36/h1-9H,(H,21,27)(H,22,28). The van der Waals surface area contributed by atoms with Crippen molar-refractivity contribution >= 4 is 45.9 Å². The lowest BCUT2D eigenvalue weighted by molar-refractivity contribution is -0.393. The molecule has 17 heteroatoms. The number of anilines is 2. The second-order valence-electron chi connectivity index (χ2n) is 6.75. The molecule has 0 saturated carbocycles. The summed E-state index contributed by atoms with van der Waals surface area (Å²) in [7, 11) is 0. The highest BCUT2D eigenvalue weighted by Crippen LogP contribution is 2.30. The summed E-state index contributed by atoms with van der Waals surface area (Å²) in [6.07, 6.45) is 0. The van der Waals surface area contributed by atoms with Gasteiger partial charge in [0, 0.05) is 12.1 Å². The number of aromatic nitrogens is 1. The van der Waals surface area contributed by atoms with Crippen LogP contribution >= 0.6 is 0 Å². The molecule has 0 aliphatic rings. The van der Waals surface area contributed by atoms with E-state index < -0.39 is 54.3 Å². The van der Waals surface area contributed by atoms with Gasteiger partial charge in [-0.05, 0) is 24.3 Å². The molecule has 2 amide bonds. The third-order valence-electron chi connectivity index (χ3n) is 4.49. The van der Waals surface area contributed by atoms with Gasteiger partial charge >= 0.3 is 0 Å². The van der Waals surface area contributed by atoms with Crippen molar-refractivity contribution in [2.45, 2.75) is 0 Å². The number of pyridine rings is 1. The number of carbonyl (C=O) groups is 2. The van der Waals surface area contributed by atoms with Crippen molar-refractivity contribution in [2.24, 2.45) is 0 Å². The molecule has 0 saturated heterocycles. The molecule has 0 atom stereocenters. The number of nitrogens with one attached hydrogen (secondary N) is 2. The molecule has 3 rings (SSSR count). The Balaban J connectivity index is 1.85. The number of hydrogen-bond acceptors (Lipinski definition) is 11. The van der Waals surface area contributed by atoms with Gasteiger partial charge < -0.3 is 10.6 Å². The second kappa shape index (κ2) is 9.95. The Morgan fingerprint density at radius 2 is 1.00 bits per heavy atom. The molecule has 1 aromatic heterocycles. The van der Waals surface area contributed by atoms with E-state index in [1.165, 1.54) is 6.07 Å². The summed E-state index contributed by atoms with van der Waals surface area (Å²) in [6.45, 7) is 0. The van der Waals surface area contributed by atoms with Crippen LogP contribution in [0.4, 0.5) is 34.1 Å². The maximum absolute atomic E-state index is 12.6. The molecule has 0 aliphatic heterocycles. The average molecular weight is 497 g/mol. The Morgan fingerprint density at radius 3 is 1.33 bits per heavy atom. The van der Waals surface area contributed by atoms with Crippen LogP contribution in [-0.4, -0.2) is 36.5 Å². The monoisotopic (exact) mass is 497 g/mol.